The molecule has 0 N–H and O–H groups in total. The van der Waals surface area contributed by atoms with Crippen LogP contribution in [0.15, 0.2) is 12.2 Å². The molecule has 4 nitrogen and oxygen atoms in total. The molecule has 3 aliphatic rings. The van der Waals surface area contributed by atoms with Crippen molar-refractivity contribution in [2.45, 2.75) is 70.0 Å². The third-order valence-electron chi connectivity index (χ3n) is 5.06. The number of ether oxygens (including phenoxy) is 2. The summed E-state index contributed by atoms with van der Waals surface area (Å²) < 4.78 is 10.8. The lowest BCUT2D eigenvalue weighted by molar-refractivity contribution is -0.158. The summed E-state index contributed by atoms with van der Waals surface area (Å²) in [5.74, 6) is -1.59. The van der Waals surface area contributed by atoms with E-state index in [1.807, 2.05) is 12.2 Å². The molecule has 4 atom stereocenters. The van der Waals surface area contributed by atoms with Crippen molar-refractivity contribution in [2.75, 3.05) is 0 Å². The van der Waals surface area contributed by atoms with Gasteiger partial charge in [0.05, 0.1) is 6.10 Å². The lowest BCUT2D eigenvalue weighted by Crippen LogP contribution is -2.37. The van der Waals surface area contributed by atoms with E-state index < -0.39 is 23.4 Å². The van der Waals surface area contributed by atoms with E-state index in [-0.39, 0.29) is 12.1 Å². The van der Waals surface area contributed by atoms with Crippen molar-refractivity contribution in [2.24, 2.45) is 11.8 Å². The Bertz CT molecular complexity index is 456. The van der Waals surface area contributed by atoms with E-state index in [1.165, 1.54) is 32.1 Å². The first-order valence-electron chi connectivity index (χ1n) is 8.31. The SMILES string of the molecule is CCCCCCCCCC12C=CC(O1)C1C(=O)OC(=O)C12. The van der Waals surface area contributed by atoms with Crippen LogP contribution < -0.4 is 0 Å². The van der Waals surface area contributed by atoms with E-state index in [9.17, 15) is 9.59 Å². The zero-order chi connectivity index (χ0) is 14.9. The Morgan fingerprint density at radius 2 is 1.76 bits per heavy atom. The van der Waals surface area contributed by atoms with Crippen molar-refractivity contribution in [3.8, 4) is 0 Å². The monoisotopic (exact) mass is 292 g/mol. The fourth-order valence-electron chi connectivity index (χ4n) is 3.96. The Balaban J connectivity index is 1.50. The molecule has 2 fully saturated rings. The molecule has 0 spiro atoms. The second-order valence-electron chi connectivity index (χ2n) is 6.51. The molecule has 0 radical (unpaired) electrons. The number of unbranched alkanes of at least 4 members (excludes halogenated alkanes) is 6. The molecule has 0 aromatic carbocycles. The van der Waals surface area contributed by atoms with E-state index in [0.29, 0.717) is 0 Å². The summed E-state index contributed by atoms with van der Waals surface area (Å²) in [4.78, 5) is 23.6. The van der Waals surface area contributed by atoms with Gasteiger partial charge in [-0.15, -0.1) is 0 Å². The zero-order valence-electron chi connectivity index (χ0n) is 12.7. The minimum Gasteiger partial charge on any atom is -0.393 e. The number of hydrogen-bond acceptors (Lipinski definition) is 4. The normalized spacial score (nSPS) is 36.3. The van der Waals surface area contributed by atoms with Crippen LogP contribution in [-0.4, -0.2) is 23.6 Å². The van der Waals surface area contributed by atoms with E-state index in [1.54, 1.807) is 0 Å². The molecule has 4 unspecified atom stereocenters. The smallest absolute Gasteiger partial charge is 0.320 e. The molecule has 2 saturated heterocycles. The van der Waals surface area contributed by atoms with Crippen molar-refractivity contribution >= 4 is 11.9 Å². The van der Waals surface area contributed by atoms with Gasteiger partial charge < -0.3 is 9.47 Å². The van der Waals surface area contributed by atoms with Gasteiger partial charge in [-0.3, -0.25) is 9.59 Å². The molecule has 116 valence electrons. The maximum atomic E-state index is 11.9. The minimum absolute atomic E-state index is 0.251. The van der Waals surface area contributed by atoms with Gasteiger partial charge in [-0.2, -0.15) is 0 Å². The summed E-state index contributed by atoms with van der Waals surface area (Å²) in [6, 6.07) is 0. The van der Waals surface area contributed by atoms with E-state index in [2.05, 4.69) is 6.92 Å². The highest BCUT2D eigenvalue weighted by Crippen LogP contribution is 2.53. The Labute approximate surface area is 125 Å². The number of carbonyl (C=O) groups excluding carboxylic acids is 2. The molecule has 2 bridgehead atoms. The third kappa shape index (κ3) is 2.54. The molecule has 0 aromatic heterocycles. The average molecular weight is 292 g/mol. The minimum atomic E-state index is -0.567. The highest BCUT2D eigenvalue weighted by molar-refractivity contribution is 5.99. The van der Waals surface area contributed by atoms with Crippen molar-refractivity contribution < 1.29 is 19.1 Å². The van der Waals surface area contributed by atoms with Gasteiger partial charge in [-0.25, -0.2) is 0 Å². The molecule has 3 heterocycles. The Kier molecular flexibility index (Phi) is 4.16. The van der Waals surface area contributed by atoms with Crippen LogP contribution in [0.25, 0.3) is 0 Å². The van der Waals surface area contributed by atoms with Crippen LogP contribution in [-0.2, 0) is 19.1 Å². The van der Waals surface area contributed by atoms with Crippen LogP contribution >= 0.6 is 0 Å². The molecule has 4 heteroatoms. The molecule has 0 saturated carbocycles. The standard InChI is InChI=1S/C17H24O4/c1-2-3-4-5-6-7-8-10-17-11-9-12(21-17)13-14(17)16(19)20-15(13)18/h9,11-14H,2-8,10H2,1H3. The summed E-state index contributed by atoms with van der Waals surface area (Å²) in [6.45, 7) is 2.22. The first-order valence-corrected chi connectivity index (χ1v) is 8.31. The Morgan fingerprint density at radius 3 is 2.52 bits per heavy atom. The first-order chi connectivity index (χ1) is 10.2. The van der Waals surface area contributed by atoms with Crippen LogP contribution in [0.4, 0.5) is 0 Å². The predicted molar refractivity (Wildman–Crippen MR) is 77.4 cm³/mol. The summed E-state index contributed by atoms with van der Waals surface area (Å²) >= 11 is 0. The second kappa shape index (κ2) is 5.91. The Morgan fingerprint density at radius 1 is 1.05 bits per heavy atom. The molecule has 3 aliphatic heterocycles. The number of esters is 2. The first kappa shape index (κ1) is 14.8. The number of rotatable bonds is 8. The molecule has 0 amide bonds. The van der Waals surface area contributed by atoms with Crippen LogP contribution in [0, 0.1) is 11.8 Å². The van der Waals surface area contributed by atoms with Crippen LogP contribution in [0.5, 0.6) is 0 Å². The van der Waals surface area contributed by atoms with E-state index in [4.69, 9.17) is 9.47 Å². The number of fused-ring (bicyclic) bond motifs is 5. The molecular formula is C17H24O4. The molecule has 0 aliphatic carbocycles. The van der Waals surface area contributed by atoms with E-state index >= 15 is 0 Å². The quantitative estimate of drug-likeness (QED) is 0.298. The number of carbonyl (C=O) groups is 2. The van der Waals surface area contributed by atoms with Crippen molar-refractivity contribution in [1.29, 1.82) is 0 Å². The highest BCUT2D eigenvalue weighted by atomic mass is 16.6. The maximum Gasteiger partial charge on any atom is 0.320 e. The molecule has 3 rings (SSSR count). The summed E-state index contributed by atoms with van der Waals surface area (Å²) in [7, 11) is 0. The van der Waals surface area contributed by atoms with Gasteiger partial charge >= 0.3 is 11.9 Å². The predicted octanol–water partition coefficient (Wildman–Crippen LogP) is 3.15. The molecular weight excluding hydrogens is 268 g/mol. The lowest BCUT2D eigenvalue weighted by atomic mass is 9.74. The van der Waals surface area contributed by atoms with Gasteiger partial charge in [-0.1, -0.05) is 64.0 Å². The van der Waals surface area contributed by atoms with Crippen molar-refractivity contribution in [3.63, 3.8) is 0 Å². The second-order valence-corrected chi connectivity index (χ2v) is 6.51. The van der Waals surface area contributed by atoms with Crippen molar-refractivity contribution in [3.05, 3.63) is 12.2 Å². The zero-order valence-corrected chi connectivity index (χ0v) is 12.7. The molecule has 21 heavy (non-hydrogen) atoms. The average Bonchev–Trinajstić information content (AvgIpc) is 3.10. The maximum absolute atomic E-state index is 11.9. The summed E-state index contributed by atoms with van der Waals surface area (Å²) in [6.07, 6.45) is 13.1. The van der Waals surface area contributed by atoms with Crippen molar-refractivity contribution in [1.82, 2.24) is 0 Å². The number of hydrogen-bond donors (Lipinski definition) is 0. The van der Waals surface area contributed by atoms with Gasteiger partial charge in [0.15, 0.2) is 0 Å². The highest BCUT2D eigenvalue weighted by Gasteiger charge is 2.66. The molecule has 0 aromatic rings. The van der Waals surface area contributed by atoms with Crippen LogP contribution in [0.2, 0.25) is 0 Å². The van der Waals surface area contributed by atoms with Gasteiger partial charge in [0.2, 0.25) is 0 Å². The lowest BCUT2D eigenvalue weighted by Gasteiger charge is -2.27. The number of cyclic esters (lactones) is 2. The van der Waals surface area contributed by atoms with Crippen LogP contribution in [0.1, 0.15) is 58.3 Å². The van der Waals surface area contributed by atoms with Gasteiger partial charge in [0.1, 0.15) is 17.4 Å². The van der Waals surface area contributed by atoms with Gasteiger partial charge in [-0.05, 0) is 6.42 Å². The Hall–Kier alpha value is -1.16. The topological polar surface area (TPSA) is 52.6 Å². The summed E-state index contributed by atoms with van der Waals surface area (Å²) in [5, 5.41) is 0. The fraction of sp³-hybridized carbons (Fsp3) is 0.765. The van der Waals surface area contributed by atoms with Gasteiger partial charge in [0.25, 0.3) is 0 Å². The fourth-order valence-corrected chi connectivity index (χ4v) is 3.96. The van der Waals surface area contributed by atoms with Crippen LogP contribution in [0.3, 0.4) is 0 Å². The largest absolute Gasteiger partial charge is 0.393 e. The summed E-state index contributed by atoms with van der Waals surface area (Å²) in [5.41, 5.74) is -0.567. The van der Waals surface area contributed by atoms with Gasteiger partial charge in [0, 0.05) is 0 Å². The third-order valence-corrected chi connectivity index (χ3v) is 5.06. The van der Waals surface area contributed by atoms with E-state index in [0.717, 1.165) is 19.3 Å².